The lowest BCUT2D eigenvalue weighted by Gasteiger charge is -2.26. The van der Waals surface area contributed by atoms with Gasteiger partial charge in [0.15, 0.2) is 5.82 Å². The highest BCUT2D eigenvalue weighted by Gasteiger charge is 2.20. The van der Waals surface area contributed by atoms with Crippen molar-refractivity contribution in [3.63, 3.8) is 0 Å². The second-order valence-corrected chi connectivity index (χ2v) is 5.22. The van der Waals surface area contributed by atoms with E-state index < -0.39 is 0 Å². The summed E-state index contributed by atoms with van der Waals surface area (Å²) in [4.78, 5) is 2.14. The van der Waals surface area contributed by atoms with Crippen LogP contribution in [-0.4, -0.2) is 47.6 Å². The monoisotopic (exact) mass is 272 g/mol. The van der Waals surface area contributed by atoms with Gasteiger partial charge in [0, 0.05) is 29.9 Å². The van der Waals surface area contributed by atoms with Crippen LogP contribution in [0.1, 0.15) is 12.8 Å². The molecule has 0 radical (unpaired) electrons. The van der Waals surface area contributed by atoms with Crippen molar-refractivity contribution in [1.82, 2.24) is 15.5 Å². The molecular weight excluding hydrogens is 252 g/mol. The minimum absolute atomic E-state index is 0.123. The van der Waals surface area contributed by atoms with Crippen LogP contribution in [0, 0.1) is 0 Å². The molecule has 5 nitrogen and oxygen atoms in total. The lowest BCUT2D eigenvalue weighted by Crippen LogP contribution is -2.39. The number of aliphatic hydroxyl groups is 1. The second-order valence-electron chi connectivity index (χ2n) is 5.22. The number of hydrogen-bond donors (Lipinski definition) is 2. The SMILES string of the molecule is OCCN(CC1CCCN1)c1nncc2ccccc12. The summed E-state index contributed by atoms with van der Waals surface area (Å²) in [5.74, 6) is 0.867. The lowest BCUT2D eigenvalue weighted by molar-refractivity contribution is 0.300. The van der Waals surface area contributed by atoms with Crippen molar-refractivity contribution in [1.29, 1.82) is 0 Å². The largest absolute Gasteiger partial charge is 0.395 e. The summed E-state index contributed by atoms with van der Waals surface area (Å²) in [5.41, 5.74) is 0. The third-order valence-corrected chi connectivity index (χ3v) is 3.82. The second kappa shape index (κ2) is 6.15. The van der Waals surface area contributed by atoms with Crippen molar-refractivity contribution in [3.05, 3.63) is 30.5 Å². The van der Waals surface area contributed by atoms with Crippen LogP contribution < -0.4 is 10.2 Å². The van der Waals surface area contributed by atoms with E-state index >= 15 is 0 Å². The van der Waals surface area contributed by atoms with Crippen molar-refractivity contribution < 1.29 is 5.11 Å². The number of rotatable bonds is 5. The molecule has 1 aliphatic heterocycles. The van der Waals surface area contributed by atoms with Gasteiger partial charge in [-0.15, -0.1) is 5.10 Å². The summed E-state index contributed by atoms with van der Waals surface area (Å²) < 4.78 is 0. The molecule has 1 fully saturated rings. The molecule has 1 aliphatic rings. The molecule has 5 heteroatoms. The van der Waals surface area contributed by atoms with Crippen molar-refractivity contribution in [2.45, 2.75) is 18.9 Å². The van der Waals surface area contributed by atoms with E-state index in [2.05, 4.69) is 26.5 Å². The predicted molar refractivity (Wildman–Crippen MR) is 79.9 cm³/mol. The number of fused-ring (bicyclic) bond motifs is 1. The van der Waals surface area contributed by atoms with Gasteiger partial charge in [0.2, 0.25) is 0 Å². The molecule has 1 atom stereocenters. The summed E-state index contributed by atoms with van der Waals surface area (Å²) in [7, 11) is 0. The maximum absolute atomic E-state index is 9.33. The molecule has 2 N–H and O–H groups in total. The Bertz CT molecular complexity index is 563. The van der Waals surface area contributed by atoms with Crippen LogP contribution in [0.25, 0.3) is 10.8 Å². The summed E-state index contributed by atoms with van der Waals surface area (Å²) in [6.07, 6.45) is 4.18. The van der Waals surface area contributed by atoms with Crippen LogP contribution in [0.2, 0.25) is 0 Å². The van der Waals surface area contributed by atoms with E-state index in [1.54, 1.807) is 6.20 Å². The maximum atomic E-state index is 9.33. The zero-order chi connectivity index (χ0) is 13.8. The standard InChI is InChI=1S/C15H20N4O/c20-9-8-19(11-13-5-3-7-16-13)15-14-6-2-1-4-12(14)10-17-18-15/h1-2,4,6,10,13,16,20H,3,5,7-9,11H2. The van der Waals surface area contributed by atoms with Crippen LogP contribution in [0.5, 0.6) is 0 Å². The molecule has 3 rings (SSSR count). The first-order chi connectivity index (χ1) is 9.88. The molecule has 106 valence electrons. The molecule has 1 unspecified atom stereocenters. The highest BCUT2D eigenvalue weighted by Crippen LogP contribution is 2.23. The highest BCUT2D eigenvalue weighted by atomic mass is 16.3. The third-order valence-electron chi connectivity index (χ3n) is 3.82. The normalized spacial score (nSPS) is 18.6. The first-order valence-corrected chi connectivity index (χ1v) is 7.18. The van der Waals surface area contributed by atoms with Crippen molar-refractivity contribution >= 4 is 16.6 Å². The van der Waals surface area contributed by atoms with Gasteiger partial charge in [0.25, 0.3) is 0 Å². The first kappa shape index (κ1) is 13.3. The van der Waals surface area contributed by atoms with E-state index in [-0.39, 0.29) is 6.61 Å². The molecular formula is C15H20N4O. The van der Waals surface area contributed by atoms with Crippen LogP contribution in [0.3, 0.4) is 0 Å². The predicted octanol–water partition coefficient (Wildman–Crippen LogP) is 1.18. The fraction of sp³-hybridized carbons (Fsp3) is 0.467. The van der Waals surface area contributed by atoms with Crippen LogP contribution in [0.15, 0.2) is 30.5 Å². The van der Waals surface area contributed by atoms with Gasteiger partial charge < -0.3 is 15.3 Å². The van der Waals surface area contributed by atoms with E-state index in [0.29, 0.717) is 12.6 Å². The summed E-state index contributed by atoms with van der Waals surface area (Å²) in [5, 5.41) is 23.4. The Balaban J connectivity index is 1.91. The Morgan fingerprint density at radius 1 is 1.35 bits per heavy atom. The van der Waals surface area contributed by atoms with Gasteiger partial charge in [-0.1, -0.05) is 24.3 Å². The molecule has 2 heterocycles. The van der Waals surface area contributed by atoms with Crippen LogP contribution in [-0.2, 0) is 0 Å². The van der Waals surface area contributed by atoms with Crippen molar-refractivity contribution in [3.8, 4) is 0 Å². The molecule has 0 saturated carbocycles. The minimum atomic E-state index is 0.123. The quantitative estimate of drug-likeness (QED) is 0.856. The molecule has 0 aliphatic carbocycles. The average Bonchev–Trinajstić information content (AvgIpc) is 2.99. The van der Waals surface area contributed by atoms with Gasteiger partial charge >= 0.3 is 0 Å². The average molecular weight is 272 g/mol. The van der Waals surface area contributed by atoms with Gasteiger partial charge in [0.1, 0.15) is 0 Å². The van der Waals surface area contributed by atoms with Crippen molar-refractivity contribution in [2.75, 3.05) is 31.1 Å². The fourth-order valence-corrected chi connectivity index (χ4v) is 2.83. The van der Waals surface area contributed by atoms with E-state index in [0.717, 1.165) is 29.7 Å². The number of aromatic nitrogens is 2. The Kier molecular flexibility index (Phi) is 4.08. The molecule has 1 aromatic heterocycles. The smallest absolute Gasteiger partial charge is 0.159 e. The molecule has 20 heavy (non-hydrogen) atoms. The van der Waals surface area contributed by atoms with Gasteiger partial charge in [-0.25, -0.2) is 0 Å². The fourth-order valence-electron chi connectivity index (χ4n) is 2.83. The number of aliphatic hydroxyl groups excluding tert-OH is 1. The van der Waals surface area contributed by atoms with Crippen LogP contribution >= 0.6 is 0 Å². The molecule has 2 aromatic rings. The number of nitrogens with zero attached hydrogens (tertiary/aromatic N) is 3. The van der Waals surface area contributed by atoms with E-state index in [1.807, 2.05) is 18.2 Å². The Morgan fingerprint density at radius 3 is 3.05 bits per heavy atom. The summed E-state index contributed by atoms with van der Waals surface area (Å²) in [6.45, 7) is 2.65. The van der Waals surface area contributed by atoms with E-state index in [9.17, 15) is 5.11 Å². The first-order valence-electron chi connectivity index (χ1n) is 7.18. The summed E-state index contributed by atoms with van der Waals surface area (Å²) >= 11 is 0. The Morgan fingerprint density at radius 2 is 2.25 bits per heavy atom. The van der Waals surface area contributed by atoms with Gasteiger partial charge in [0.05, 0.1) is 12.8 Å². The molecule has 0 amide bonds. The Hall–Kier alpha value is -1.72. The zero-order valence-electron chi connectivity index (χ0n) is 11.5. The third kappa shape index (κ3) is 2.73. The maximum Gasteiger partial charge on any atom is 0.159 e. The topological polar surface area (TPSA) is 61.3 Å². The highest BCUT2D eigenvalue weighted by molar-refractivity contribution is 5.91. The lowest BCUT2D eigenvalue weighted by atomic mass is 10.1. The van der Waals surface area contributed by atoms with Crippen LogP contribution in [0.4, 0.5) is 5.82 Å². The van der Waals surface area contributed by atoms with Gasteiger partial charge in [-0.05, 0) is 19.4 Å². The molecule has 0 bridgehead atoms. The summed E-state index contributed by atoms with van der Waals surface area (Å²) in [6, 6.07) is 8.59. The number of hydrogen-bond acceptors (Lipinski definition) is 5. The van der Waals surface area contributed by atoms with E-state index in [4.69, 9.17) is 0 Å². The number of benzene rings is 1. The number of nitrogens with one attached hydrogen (secondary N) is 1. The van der Waals surface area contributed by atoms with Crippen molar-refractivity contribution in [2.24, 2.45) is 0 Å². The van der Waals surface area contributed by atoms with Gasteiger partial charge in [-0.2, -0.15) is 5.10 Å². The van der Waals surface area contributed by atoms with Gasteiger partial charge in [-0.3, -0.25) is 0 Å². The molecule has 0 spiro atoms. The van der Waals surface area contributed by atoms with E-state index in [1.165, 1.54) is 12.8 Å². The minimum Gasteiger partial charge on any atom is -0.395 e. The molecule has 1 aromatic carbocycles. The number of anilines is 1. The molecule has 1 saturated heterocycles. The zero-order valence-corrected chi connectivity index (χ0v) is 11.5. The Labute approximate surface area is 118 Å².